The Morgan fingerprint density at radius 1 is 1.00 bits per heavy atom. The maximum atomic E-state index is 12.3. The average molecular weight is 330 g/mol. The zero-order chi connectivity index (χ0) is 16.8. The Kier molecular flexibility index (Phi) is 5.65. The SMILES string of the molecule is CC(=O)Nc1ccc(NC(=O)c2cccc(CS(C)=O)c2)cc1. The first-order chi connectivity index (χ1) is 10.9. The number of rotatable bonds is 5. The molecule has 0 heterocycles. The number of nitrogens with one attached hydrogen (secondary N) is 2. The van der Waals surface area contributed by atoms with E-state index in [-0.39, 0.29) is 11.8 Å². The van der Waals surface area contributed by atoms with Crippen molar-refractivity contribution in [1.29, 1.82) is 0 Å². The molecule has 120 valence electrons. The summed E-state index contributed by atoms with van der Waals surface area (Å²) in [7, 11) is -0.950. The van der Waals surface area contributed by atoms with E-state index in [1.807, 2.05) is 6.07 Å². The van der Waals surface area contributed by atoms with Crippen LogP contribution in [0.15, 0.2) is 48.5 Å². The lowest BCUT2D eigenvalue weighted by molar-refractivity contribution is -0.114. The van der Waals surface area contributed by atoms with Gasteiger partial charge in [-0.1, -0.05) is 12.1 Å². The highest BCUT2D eigenvalue weighted by Crippen LogP contribution is 2.15. The number of anilines is 2. The molecule has 1 unspecified atom stereocenters. The van der Waals surface area contributed by atoms with E-state index in [1.54, 1.807) is 48.7 Å². The lowest BCUT2D eigenvalue weighted by Gasteiger charge is -2.08. The molecule has 5 nitrogen and oxygen atoms in total. The molecule has 2 aromatic carbocycles. The molecular formula is C17H18N2O3S. The van der Waals surface area contributed by atoms with Crippen LogP contribution in [0.25, 0.3) is 0 Å². The highest BCUT2D eigenvalue weighted by Gasteiger charge is 2.07. The maximum absolute atomic E-state index is 12.3. The van der Waals surface area contributed by atoms with Crippen molar-refractivity contribution in [3.05, 3.63) is 59.7 Å². The second kappa shape index (κ2) is 7.69. The highest BCUT2D eigenvalue weighted by molar-refractivity contribution is 7.83. The summed E-state index contributed by atoms with van der Waals surface area (Å²) < 4.78 is 11.3. The normalized spacial score (nSPS) is 11.6. The number of hydrogen-bond acceptors (Lipinski definition) is 3. The van der Waals surface area contributed by atoms with Crippen LogP contribution in [-0.4, -0.2) is 22.3 Å². The monoisotopic (exact) mass is 330 g/mol. The first kappa shape index (κ1) is 16.9. The van der Waals surface area contributed by atoms with Crippen LogP contribution in [0.1, 0.15) is 22.8 Å². The number of carbonyl (C=O) groups is 2. The molecule has 0 bridgehead atoms. The van der Waals surface area contributed by atoms with Crippen molar-refractivity contribution in [1.82, 2.24) is 0 Å². The van der Waals surface area contributed by atoms with Gasteiger partial charge in [-0.15, -0.1) is 0 Å². The van der Waals surface area contributed by atoms with Gasteiger partial charge in [-0.05, 0) is 42.0 Å². The van der Waals surface area contributed by atoms with Gasteiger partial charge in [0.15, 0.2) is 0 Å². The molecule has 0 aromatic heterocycles. The molecule has 0 aliphatic carbocycles. The minimum absolute atomic E-state index is 0.146. The van der Waals surface area contributed by atoms with E-state index in [1.165, 1.54) is 6.92 Å². The van der Waals surface area contributed by atoms with Crippen molar-refractivity contribution in [3.8, 4) is 0 Å². The van der Waals surface area contributed by atoms with E-state index >= 15 is 0 Å². The topological polar surface area (TPSA) is 75.3 Å². The molecule has 23 heavy (non-hydrogen) atoms. The van der Waals surface area contributed by atoms with Crippen molar-refractivity contribution >= 4 is 34.0 Å². The van der Waals surface area contributed by atoms with Crippen LogP contribution in [0, 0.1) is 0 Å². The van der Waals surface area contributed by atoms with Crippen LogP contribution in [0.3, 0.4) is 0 Å². The highest BCUT2D eigenvalue weighted by atomic mass is 32.2. The Hall–Kier alpha value is -2.47. The molecule has 2 amide bonds. The summed E-state index contributed by atoms with van der Waals surface area (Å²) >= 11 is 0. The number of amides is 2. The van der Waals surface area contributed by atoms with Crippen LogP contribution in [0.4, 0.5) is 11.4 Å². The fourth-order valence-electron chi connectivity index (χ4n) is 2.08. The molecule has 0 radical (unpaired) electrons. The van der Waals surface area contributed by atoms with Crippen molar-refractivity contribution in [2.75, 3.05) is 16.9 Å². The van der Waals surface area contributed by atoms with Crippen molar-refractivity contribution in [2.45, 2.75) is 12.7 Å². The van der Waals surface area contributed by atoms with Crippen LogP contribution in [0.5, 0.6) is 0 Å². The first-order valence-electron chi connectivity index (χ1n) is 7.02. The van der Waals surface area contributed by atoms with Gasteiger partial charge < -0.3 is 10.6 Å². The molecule has 2 aromatic rings. The van der Waals surface area contributed by atoms with Gasteiger partial charge in [0.05, 0.1) is 0 Å². The summed E-state index contributed by atoms with van der Waals surface area (Å²) in [6.07, 6.45) is 1.63. The van der Waals surface area contributed by atoms with Crippen LogP contribution in [-0.2, 0) is 21.3 Å². The van der Waals surface area contributed by atoms with Crippen LogP contribution in [0.2, 0.25) is 0 Å². The van der Waals surface area contributed by atoms with E-state index in [4.69, 9.17) is 0 Å². The summed E-state index contributed by atoms with van der Waals surface area (Å²) in [5, 5.41) is 5.45. The average Bonchev–Trinajstić information content (AvgIpc) is 2.48. The first-order valence-corrected chi connectivity index (χ1v) is 8.75. The van der Waals surface area contributed by atoms with E-state index in [2.05, 4.69) is 10.6 Å². The molecule has 6 heteroatoms. The fourth-order valence-corrected chi connectivity index (χ4v) is 2.73. The van der Waals surface area contributed by atoms with Crippen molar-refractivity contribution in [2.24, 2.45) is 0 Å². The summed E-state index contributed by atoms with van der Waals surface area (Å²) in [4.78, 5) is 23.2. The standard InChI is InChI=1S/C17H18N2O3S/c1-12(20)18-15-6-8-16(9-7-15)19-17(21)14-5-3-4-13(10-14)11-23(2)22/h3-10H,11H2,1-2H3,(H,18,20)(H,19,21). The van der Waals surface area contributed by atoms with Gasteiger partial charge in [0, 0.05) is 46.7 Å². The Bertz CT molecular complexity index is 742. The molecule has 0 aliphatic heterocycles. The van der Waals surface area contributed by atoms with Crippen LogP contribution >= 0.6 is 0 Å². The molecular weight excluding hydrogens is 312 g/mol. The van der Waals surface area contributed by atoms with Crippen molar-refractivity contribution < 1.29 is 13.8 Å². The minimum atomic E-state index is -0.950. The predicted octanol–water partition coefficient (Wildman–Crippen LogP) is 2.78. The summed E-state index contributed by atoms with van der Waals surface area (Å²) in [5.74, 6) is 0.0416. The number of hydrogen-bond donors (Lipinski definition) is 2. The smallest absolute Gasteiger partial charge is 0.255 e. The zero-order valence-electron chi connectivity index (χ0n) is 13.0. The van der Waals surface area contributed by atoms with E-state index < -0.39 is 10.8 Å². The lowest BCUT2D eigenvalue weighted by atomic mass is 10.1. The molecule has 0 fully saturated rings. The second-order valence-corrected chi connectivity index (χ2v) is 6.57. The van der Waals surface area contributed by atoms with Gasteiger partial charge in [0.25, 0.3) is 5.91 Å². The molecule has 1 atom stereocenters. The third-order valence-corrected chi connectivity index (χ3v) is 3.76. The second-order valence-electron chi connectivity index (χ2n) is 5.13. The number of benzene rings is 2. The van der Waals surface area contributed by atoms with Gasteiger partial charge in [-0.2, -0.15) is 0 Å². The third-order valence-electron chi connectivity index (χ3n) is 3.02. The molecule has 0 saturated carbocycles. The summed E-state index contributed by atoms with van der Waals surface area (Å²) in [6, 6.07) is 13.9. The Morgan fingerprint density at radius 3 is 2.17 bits per heavy atom. The van der Waals surface area contributed by atoms with E-state index in [9.17, 15) is 13.8 Å². The Labute approximate surface area is 137 Å². The zero-order valence-corrected chi connectivity index (χ0v) is 13.8. The molecule has 0 saturated heterocycles. The van der Waals surface area contributed by atoms with Gasteiger partial charge in [0.1, 0.15) is 0 Å². The van der Waals surface area contributed by atoms with Crippen molar-refractivity contribution in [3.63, 3.8) is 0 Å². The van der Waals surface area contributed by atoms with Gasteiger partial charge in [0.2, 0.25) is 5.91 Å². The van der Waals surface area contributed by atoms with Gasteiger partial charge in [-0.3, -0.25) is 13.8 Å². The van der Waals surface area contributed by atoms with Crippen LogP contribution < -0.4 is 10.6 Å². The molecule has 0 spiro atoms. The Balaban J connectivity index is 2.06. The Morgan fingerprint density at radius 2 is 1.61 bits per heavy atom. The van der Waals surface area contributed by atoms with E-state index in [0.29, 0.717) is 22.7 Å². The predicted molar refractivity (Wildman–Crippen MR) is 92.9 cm³/mol. The van der Waals surface area contributed by atoms with Gasteiger partial charge in [-0.25, -0.2) is 0 Å². The summed E-state index contributed by atoms with van der Waals surface area (Å²) in [5.41, 5.74) is 2.68. The quantitative estimate of drug-likeness (QED) is 0.885. The maximum Gasteiger partial charge on any atom is 0.255 e. The third kappa shape index (κ3) is 5.34. The van der Waals surface area contributed by atoms with Gasteiger partial charge >= 0.3 is 0 Å². The minimum Gasteiger partial charge on any atom is -0.326 e. The molecule has 0 aliphatic rings. The lowest BCUT2D eigenvalue weighted by Crippen LogP contribution is -2.12. The fraction of sp³-hybridized carbons (Fsp3) is 0.176. The largest absolute Gasteiger partial charge is 0.326 e. The molecule has 2 N–H and O–H groups in total. The molecule has 2 rings (SSSR count). The van der Waals surface area contributed by atoms with E-state index in [0.717, 1.165) is 5.56 Å². The number of carbonyl (C=O) groups excluding carboxylic acids is 2. The summed E-state index contributed by atoms with van der Waals surface area (Å²) in [6.45, 7) is 1.44.